The summed E-state index contributed by atoms with van der Waals surface area (Å²) < 4.78 is 10.9. The number of pyridine rings is 1. The molecule has 0 atom stereocenters. The van der Waals surface area contributed by atoms with Crippen molar-refractivity contribution in [2.24, 2.45) is 0 Å². The van der Waals surface area contributed by atoms with Crippen LogP contribution in [0.25, 0.3) is 0 Å². The second-order valence-corrected chi connectivity index (χ2v) is 4.67. The Morgan fingerprint density at radius 2 is 2.05 bits per heavy atom. The molecule has 2 rings (SSSR count). The Balaban J connectivity index is 1.84. The van der Waals surface area contributed by atoms with E-state index in [4.69, 9.17) is 9.47 Å². The predicted molar refractivity (Wildman–Crippen MR) is 83.8 cm³/mol. The Bertz CT molecular complexity index is 544. The van der Waals surface area contributed by atoms with Crippen molar-refractivity contribution in [2.45, 2.75) is 19.9 Å². The molecule has 0 aliphatic carbocycles. The fourth-order valence-corrected chi connectivity index (χ4v) is 2.09. The van der Waals surface area contributed by atoms with Crippen LogP contribution < -0.4 is 14.8 Å². The van der Waals surface area contributed by atoms with E-state index < -0.39 is 0 Å². The maximum Gasteiger partial charge on any atom is 0.161 e. The number of hydrogen-bond donors (Lipinski definition) is 1. The molecule has 1 aromatic carbocycles. The third kappa shape index (κ3) is 4.76. The zero-order valence-corrected chi connectivity index (χ0v) is 12.6. The first kappa shape index (κ1) is 15.3. The van der Waals surface area contributed by atoms with Gasteiger partial charge >= 0.3 is 0 Å². The Hall–Kier alpha value is -2.07. The van der Waals surface area contributed by atoms with Crippen molar-refractivity contribution in [3.8, 4) is 11.5 Å². The van der Waals surface area contributed by atoms with E-state index >= 15 is 0 Å². The summed E-state index contributed by atoms with van der Waals surface area (Å²) in [7, 11) is 1.66. The molecule has 1 N–H and O–H groups in total. The first-order valence-corrected chi connectivity index (χ1v) is 7.24. The van der Waals surface area contributed by atoms with E-state index in [9.17, 15) is 0 Å². The summed E-state index contributed by atoms with van der Waals surface area (Å²) >= 11 is 0. The van der Waals surface area contributed by atoms with E-state index in [0.29, 0.717) is 6.61 Å². The van der Waals surface area contributed by atoms with Crippen LogP contribution >= 0.6 is 0 Å². The molecule has 0 unspecified atom stereocenters. The van der Waals surface area contributed by atoms with Gasteiger partial charge in [0.15, 0.2) is 11.5 Å². The number of methoxy groups -OCH3 is 1. The fourth-order valence-electron chi connectivity index (χ4n) is 2.09. The topological polar surface area (TPSA) is 43.4 Å². The highest BCUT2D eigenvalue weighted by atomic mass is 16.5. The molecule has 0 fully saturated rings. The molecule has 1 heterocycles. The minimum atomic E-state index is 0.632. The SMILES string of the molecule is CCOc1cc(CNCCc2ccccn2)ccc1OC. The summed E-state index contributed by atoms with van der Waals surface area (Å²) in [5.74, 6) is 1.57. The molecule has 0 bridgehead atoms. The van der Waals surface area contributed by atoms with Crippen molar-refractivity contribution in [1.29, 1.82) is 0 Å². The molecule has 0 saturated heterocycles. The van der Waals surface area contributed by atoms with Crippen molar-refractivity contribution >= 4 is 0 Å². The van der Waals surface area contributed by atoms with E-state index in [2.05, 4.69) is 16.4 Å². The fraction of sp³-hybridized carbons (Fsp3) is 0.353. The van der Waals surface area contributed by atoms with E-state index in [1.807, 2.05) is 43.5 Å². The number of hydrogen-bond acceptors (Lipinski definition) is 4. The van der Waals surface area contributed by atoms with Gasteiger partial charge in [0.1, 0.15) is 0 Å². The van der Waals surface area contributed by atoms with Crippen molar-refractivity contribution < 1.29 is 9.47 Å². The molecule has 4 nitrogen and oxygen atoms in total. The van der Waals surface area contributed by atoms with E-state index in [0.717, 1.165) is 36.7 Å². The van der Waals surface area contributed by atoms with Gasteiger partial charge in [-0.15, -0.1) is 0 Å². The van der Waals surface area contributed by atoms with Crippen molar-refractivity contribution in [1.82, 2.24) is 10.3 Å². The number of ether oxygens (including phenoxy) is 2. The van der Waals surface area contributed by atoms with Crippen LogP contribution in [0.4, 0.5) is 0 Å². The molecule has 112 valence electrons. The summed E-state index contributed by atoms with van der Waals surface area (Å²) in [6.45, 7) is 4.30. The van der Waals surface area contributed by atoms with Crippen molar-refractivity contribution in [3.63, 3.8) is 0 Å². The summed E-state index contributed by atoms with van der Waals surface area (Å²) in [5.41, 5.74) is 2.29. The summed E-state index contributed by atoms with van der Waals surface area (Å²) in [6, 6.07) is 12.0. The molecule has 0 aliphatic heterocycles. The number of nitrogens with zero attached hydrogens (tertiary/aromatic N) is 1. The van der Waals surface area contributed by atoms with Crippen LogP contribution in [0.1, 0.15) is 18.2 Å². The number of nitrogens with one attached hydrogen (secondary N) is 1. The summed E-state index contributed by atoms with van der Waals surface area (Å²) in [5, 5.41) is 3.42. The van der Waals surface area contributed by atoms with Gasteiger partial charge in [-0.1, -0.05) is 12.1 Å². The first-order chi connectivity index (χ1) is 10.3. The van der Waals surface area contributed by atoms with Crippen LogP contribution in [0.3, 0.4) is 0 Å². The van der Waals surface area contributed by atoms with E-state index in [1.54, 1.807) is 7.11 Å². The molecule has 1 aromatic heterocycles. The highest BCUT2D eigenvalue weighted by Gasteiger charge is 2.05. The molecule has 4 heteroatoms. The Labute approximate surface area is 126 Å². The molecule has 0 spiro atoms. The molecule has 2 aromatic rings. The lowest BCUT2D eigenvalue weighted by Crippen LogP contribution is -2.17. The quantitative estimate of drug-likeness (QED) is 0.758. The third-order valence-corrected chi connectivity index (χ3v) is 3.14. The Morgan fingerprint density at radius 3 is 2.76 bits per heavy atom. The Morgan fingerprint density at radius 1 is 1.14 bits per heavy atom. The lowest BCUT2D eigenvalue weighted by Gasteiger charge is -2.11. The largest absolute Gasteiger partial charge is 0.493 e. The van der Waals surface area contributed by atoms with Gasteiger partial charge in [0.25, 0.3) is 0 Å². The first-order valence-electron chi connectivity index (χ1n) is 7.24. The third-order valence-electron chi connectivity index (χ3n) is 3.14. The zero-order valence-electron chi connectivity index (χ0n) is 12.6. The standard InChI is InChI=1S/C17H22N2O2/c1-3-21-17-12-14(7-8-16(17)20-2)13-18-11-9-15-6-4-5-10-19-15/h4-8,10,12,18H,3,9,11,13H2,1-2H3. The highest BCUT2D eigenvalue weighted by Crippen LogP contribution is 2.27. The maximum absolute atomic E-state index is 5.58. The average molecular weight is 286 g/mol. The smallest absolute Gasteiger partial charge is 0.161 e. The Kier molecular flexibility index (Phi) is 6.03. The second kappa shape index (κ2) is 8.27. The second-order valence-electron chi connectivity index (χ2n) is 4.67. The molecular formula is C17H22N2O2. The van der Waals surface area contributed by atoms with Crippen LogP contribution in [0, 0.1) is 0 Å². The average Bonchev–Trinajstić information content (AvgIpc) is 2.53. The van der Waals surface area contributed by atoms with Gasteiger partial charge in [-0.3, -0.25) is 4.98 Å². The predicted octanol–water partition coefficient (Wildman–Crippen LogP) is 2.82. The minimum absolute atomic E-state index is 0.632. The van der Waals surface area contributed by atoms with Gasteiger partial charge in [-0.05, 0) is 36.8 Å². The molecular weight excluding hydrogens is 264 g/mol. The zero-order chi connectivity index (χ0) is 14.9. The summed E-state index contributed by atoms with van der Waals surface area (Å²) in [6.07, 6.45) is 2.75. The van der Waals surface area contributed by atoms with Gasteiger partial charge in [0, 0.05) is 31.4 Å². The lowest BCUT2D eigenvalue weighted by atomic mass is 10.2. The van der Waals surface area contributed by atoms with Crippen molar-refractivity contribution in [3.05, 3.63) is 53.9 Å². The molecule has 0 amide bonds. The van der Waals surface area contributed by atoms with Gasteiger partial charge in [-0.25, -0.2) is 0 Å². The van der Waals surface area contributed by atoms with Crippen LogP contribution in [-0.4, -0.2) is 25.2 Å². The normalized spacial score (nSPS) is 10.4. The lowest BCUT2D eigenvalue weighted by molar-refractivity contribution is 0.310. The van der Waals surface area contributed by atoms with Crippen molar-refractivity contribution in [2.75, 3.05) is 20.3 Å². The van der Waals surface area contributed by atoms with Gasteiger partial charge in [0.05, 0.1) is 13.7 Å². The minimum Gasteiger partial charge on any atom is -0.493 e. The number of rotatable bonds is 8. The van der Waals surface area contributed by atoms with E-state index in [1.165, 1.54) is 5.56 Å². The van der Waals surface area contributed by atoms with Crippen LogP contribution in [0.5, 0.6) is 11.5 Å². The van der Waals surface area contributed by atoms with Gasteiger partial charge in [0.2, 0.25) is 0 Å². The number of benzene rings is 1. The molecule has 0 radical (unpaired) electrons. The van der Waals surface area contributed by atoms with E-state index in [-0.39, 0.29) is 0 Å². The molecule has 21 heavy (non-hydrogen) atoms. The van der Waals surface area contributed by atoms with Crippen LogP contribution in [0.2, 0.25) is 0 Å². The van der Waals surface area contributed by atoms with Gasteiger partial charge < -0.3 is 14.8 Å². The monoisotopic (exact) mass is 286 g/mol. The maximum atomic E-state index is 5.58. The summed E-state index contributed by atoms with van der Waals surface area (Å²) in [4.78, 5) is 4.31. The van der Waals surface area contributed by atoms with Crippen LogP contribution in [0.15, 0.2) is 42.6 Å². The number of aromatic nitrogens is 1. The van der Waals surface area contributed by atoms with Crippen LogP contribution in [-0.2, 0) is 13.0 Å². The highest BCUT2D eigenvalue weighted by molar-refractivity contribution is 5.42. The molecule has 0 saturated carbocycles. The van der Waals surface area contributed by atoms with Gasteiger partial charge in [-0.2, -0.15) is 0 Å². The molecule has 0 aliphatic rings.